The maximum Gasteiger partial charge on any atom is 0.129 e. The lowest BCUT2D eigenvalue weighted by atomic mass is 9.97. The Morgan fingerprint density at radius 1 is 1.50 bits per heavy atom. The number of nitrogens with zero attached hydrogens (tertiary/aromatic N) is 1. The average Bonchev–Trinajstić information content (AvgIpc) is 2.41. The highest BCUT2D eigenvalue weighted by molar-refractivity contribution is 5.54. The van der Waals surface area contributed by atoms with Crippen molar-refractivity contribution < 1.29 is 9.50 Å². The van der Waals surface area contributed by atoms with Crippen LogP contribution < -0.4 is 10.2 Å². The normalized spacial score (nSPS) is 20.2. The van der Waals surface area contributed by atoms with Crippen LogP contribution in [0.2, 0.25) is 0 Å². The van der Waals surface area contributed by atoms with Crippen LogP contribution in [-0.4, -0.2) is 31.9 Å². The molecule has 1 saturated heterocycles. The maximum absolute atomic E-state index is 13.9. The summed E-state index contributed by atoms with van der Waals surface area (Å²) in [7, 11) is 1.82. The number of aliphatic hydroxyl groups excluding tert-OH is 1. The van der Waals surface area contributed by atoms with Crippen LogP contribution in [-0.2, 0) is 6.54 Å². The fourth-order valence-electron chi connectivity index (χ4n) is 2.63. The Morgan fingerprint density at radius 2 is 2.33 bits per heavy atom. The first-order valence-corrected chi connectivity index (χ1v) is 6.54. The van der Waals surface area contributed by atoms with E-state index in [9.17, 15) is 9.50 Å². The van der Waals surface area contributed by atoms with E-state index in [0.29, 0.717) is 12.5 Å². The molecule has 0 spiro atoms. The smallest absolute Gasteiger partial charge is 0.129 e. The lowest BCUT2D eigenvalue weighted by molar-refractivity contribution is 0.208. The number of benzene rings is 1. The van der Waals surface area contributed by atoms with E-state index in [0.717, 1.165) is 37.2 Å². The third-order valence-corrected chi connectivity index (χ3v) is 3.57. The fraction of sp³-hybridized carbons (Fsp3) is 0.571. The summed E-state index contributed by atoms with van der Waals surface area (Å²) in [5.41, 5.74) is 1.68. The highest BCUT2D eigenvalue weighted by Crippen LogP contribution is 2.27. The van der Waals surface area contributed by atoms with E-state index in [4.69, 9.17) is 0 Å². The van der Waals surface area contributed by atoms with Crippen LogP contribution in [0.3, 0.4) is 0 Å². The van der Waals surface area contributed by atoms with Crippen LogP contribution >= 0.6 is 0 Å². The van der Waals surface area contributed by atoms with Gasteiger partial charge in [-0.3, -0.25) is 0 Å². The van der Waals surface area contributed by atoms with Gasteiger partial charge in [0.15, 0.2) is 0 Å². The number of hydrogen-bond donors (Lipinski definition) is 2. The molecule has 18 heavy (non-hydrogen) atoms. The van der Waals surface area contributed by atoms with E-state index >= 15 is 0 Å². The van der Waals surface area contributed by atoms with Crippen molar-refractivity contribution >= 4 is 5.69 Å². The monoisotopic (exact) mass is 252 g/mol. The van der Waals surface area contributed by atoms with Gasteiger partial charge < -0.3 is 15.3 Å². The summed E-state index contributed by atoms with van der Waals surface area (Å²) in [4.78, 5) is 2.19. The highest BCUT2D eigenvalue weighted by atomic mass is 19.1. The molecule has 0 bridgehead atoms. The molecular formula is C14H21FN2O. The number of halogens is 1. The predicted octanol–water partition coefficient (Wildman–Crippen LogP) is 1.75. The van der Waals surface area contributed by atoms with Crippen molar-refractivity contribution in [2.75, 3.05) is 31.6 Å². The van der Waals surface area contributed by atoms with E-state index in [1.54, 1.807) is 6.07 Å². The summed E-state index contributed by atoms with van der Waals surface area (Å²) in [5, 5.41) is 12.3. The SMILES string of the molecule is CNCc1c(F)cccc1N1CCCC(CO)C1. The minimum absolute atomic E-state index is 0.159. The van der Waals surface area contributed by atoms with Crippen LogP contribution in [0.15, 0.2) is 18.2 Å². The van der Waals surface area contributed by atoms with E-state index in [1.165, 1.54) is 6.07 Å². The molecule has 3 nitrogen and oxygen atoms in total. The molecule has 1 aromatic rings. The molecule has 0 aliphatic carbocycles. The molecule has 1 aromatic carbocycles. The summed E-state index contributed by atoms with van der Waals surface area (Å²) in [6, 6.07) is 5.23. The molecule has 1 fully saturated rings. The third-order valence-electron chi connectivity index (χ3n) is 3.57. The molecule has 0 radical (unpaired) electrons. The fourth-order valence-corrected chi connectivity index (χ4v) is 2.63. The van der Waals surface area contributed by atoms with Crippen LogP contribution in [0, 0.1) is 11.7 Å². The van der Waals surface area contributed by atoms with Gasteiger partial charge in [0, 0.05) is 37.5 Å². The number of aliphatic hydroxyl groups is 1. The van der Waals surface area contributed by atoms with Gasteiger partial charge in [-0.2, -0.15) is 0 Å². The Labute approximate surface area is 108 Å². The van der Waals surface area contributed by atoms with Crippen molar-refractivity contribution in [3.05, 3.63) is 29.6 Å². The molecule has 2 rings (SSSR count). The van der Waals surface area contributed by atoms with Gasteiger partial charge in [0.2, 0.25) is 0 Å². The van der Waals surface area contributed by atoms with Gasteiger partial charge in [0.1, 0.15) is 5.82 Å². The molecule has 0 aromatic heterocycles. The summed E-state index contributed by atoms with van der Waals surface area (Å²) in [6.07, 6.45) is 2.12. The van der Waals surface area contributed by atoms with Crippen LogP contribution in [0.1, 0.15) is 18.4 Å². The highest BCUT2D eigenvalue weighted by Gasteiger charge is 2.22. The van der Waals surface area contributed by atoms with Gasteiger partial charge in [0.25, 0.3) is 0 Å². The zero-order valence-corrected chi connectivity index (χ0v) is 10.8. The lowest BCUT2D eigenvalue weighted by Crippen LogP contribution is -2.37. The molecule has 0 saturated carbocycles. The summed E-state index contributed by atoms with van der Waals surface area (Å²) < 4.78 is 13.9. The molecule has 4 heteroatoms. The second kappa shape index (κ2) is 6.16. The standard InChI is InChI=1S/C14H21FN2O/c1-16-8-12-13(15)5-2-6-14(12)17-7-3-4-11(9-17)10-18/h2,5-6,11,16,18H,3-4,7-10H2,1H3. The summed E-state index contributed by atoms with van der Waals surface area (Å²) >= 11 is 0. The van der Waals surface area contributed by atoms with E-state index < -0.39 is 0 Å². The Balaban J connectivity index is 2.23. The third kappa shape index (κ3) is 2.82. The Morgan fingerprint density at radius 3 is 3.06 bits per heavy atom. The predicted molar refractivity (Wildman–Crippen MR) is 71.2 cm³/mol. The zero-order valence-electron chi connectivity index (χ0n) is 10.8. The molecule has 1 aliphatic rings. The lowest BCUT2D eigenvalue weighted by Gasteiger charge is -2.35. The van der Waals surface area contributed by atoms with Crippen molar-refractivity contribution in [3.63, 3.8) is 0 Å². The molecule has 1 unspecified atom stereocenters. The minimum atomic E-state index is -0.159. The first kappa shape index (κ1) is 13.3. The topological polar surface area (TPSA) is 35.5 Å². The minimum Gasteiger partial charge on any atom is -0.396 e. The first-order chi connectivity index (χ1) is 8.76. The van der Waals surface area contributed by atoms with Gasteiger partial charge in [-0.1, -0.05) is 6.07 Å². The number of piperidine rings is 1. The Bertz CT molecular complexity index is 397. The van der Waals surface area contributed by atoms with Gasteiger partial charge in [0.05, 0.1) is 0 Å². The molecule has 100 valence electrons. The first-order valence-electron chi connectivity index (χ1n) is 6.54. The number of anilines is 1. The van der Waals surface area contributed by atoms with Crippen molar-refractivity contribution in [2.24, 2.45) is 5.92 Å². The molecule has 1 aliphatic heterocycles. The molecular weight excluding hydrogens is 231 g/mol. The van der Waals surface area contributed by atoms with Crippen molar-refractivity contribution in [1.29, 1.82) is 0 Å². The summed E-state index contributed by atoms with van der Waals surface area (Å²) in [5.74, 6) is 0.150. The van der Waals surface area contributed by atoms with Crippen molar-refractivity contribution in [3.8, 4) is 0 Å². The van der Waals surface area contributed by atoms with Crippen LogP contribution in [0.4, 0.5) is 10.1 Å². The van der Waals surface area contributed by atoms with E-state index in [2.05, 4.69) is 10.2 Å². The molecule has 2 N–H and O–H groups in total. The molecule has 0 amide bonds. The van der Waals surface area contributed by atoms with E-state index in [-0.39, 0.29) is 12.4 Å². The summed E-state index contributed by atoms with van der Waals surface area (Å²) in [6.45, 7) is 2.50. The second-order valence-corrected chi connectivity index (χ2v) is 4.90. The van der Waals surface area contributed by atoms with Gasteiger partial charge in [-0.05, 0) is 37.9 Å². The maximum atomic E-state index is 13.9. The van der Waals surface area contributed by atoms with Gasteiger partial charge >= 0.3 is 0 Å². The number of rotatable bonds is 4. The number of nitrogens with one attached hydrogen (secondary N) is 1. The second-order valence-electron chi connectivity index (χ2n) is 4.90. The molecule has 1 atom stereocenters. The number of hydrogen-bond acceptors (Lipinski definition) is 3. The Kier molecular flexibility index (Phi) is 4.55. The van der Waals surface area contributed by atoms with Crippen LogP contribution in [0.25, 0.3) is 0 Å². The van der Waals surface area contributed by atoms with Crippen molar-refractivity contribution in [2.45, 2.75) is 19.4 Å². The molecule has 1 heterocycles. The van der Waals surface area contributed by atoms with Crippen molar-refractivity contribution in [1.82, 2.24) is 5.32 Å². The Hall–Kier alpha value is -1.13. The largest absolute Gasteiger partial charge is 0.396 e. The van der Waals surface area contributed by atoms with E-state index in [1.807, 2.05) is 13.1 Å². The average molecular weight is 252 g/mol. The zero-order chi connectivity index (χ0) is 13.0. The van der Waals surface area contributed by atoms with Gasteiger partial charge in [-0.25, -0.2) is 4.39 Å². The quantitative estimate of drug-likeness (QED) is 0.857. The van der Waals surface area contributed by atoms with Crippen LogP contribution in [0.5, 0.6) is 0 Å². The van der Waals surface area contributed by atoms with Gasteiger partial charge in [-0.15, -0.1) is 0 Å².